The molecule has 0 bridgehead atoms. The fraction of sp³-hybridized carbons (Fsp3) is 0. The number of hydrogen-bond acceptors (Lipinski definition) is 0. The minimum Gasteiger partial charge on any atom is -0.657 e. The molecular weight excluding hydrogens is 721 g/mol. The number of benzene rings is 6. The third-order valence-electron chi connectivity index (χ3n) is 7.89. The molecule has 1 aliphatic rings. The molecule has 0 saturated carbocycles. The molecule has 8 aromatic rings. The van der Waals surface area contributed by atoms with E-state index in [4.69, 9.17) is 4.98 Å². The van der Waals surface area contributed by atoms with Gasteiger partial charge in [0.15, 0.2) is 0 Å². The third-order valence-corrected chi connectivity index (χ3v) is 7.89. The molecular formula is C39H27AuN4+2. The van der Waals surface area contributed by atoms with Crippen LogP contribution in [0.15, 0.2) is 164 Å². The van der Waals surface area contributed by atoms with Crippen molar-refractivity contribution in [2.24, 2.45) is 0 Å². The zero-order valence-corrected chi connectivity index (χ0v) is 25.8. The van der Waals surface area contributed by atoms with Crippen LogP contribution in [-0.2, 0) is 22.4 Å². The molecule has 212 valence electrons. The van der Waals surface area contributed by atoms with Crippen molar-refractivity contribution in [1.29, 1.82) is 0 Å². The van der Waals surface area contributed by atoms with Gasteiger partial charge in [-0.1, -0.05) is 118 Å². The molecule has 6 aromatic carbocycles. The topological polar surface area (TPSA) is 25.1 Å². The van der Waals surface area contributed by atoms with Gasteiger partial charge in [0.1, 0.15) is 0 Å². The van der Waals surface area contributed by atoms with Gasteiger partial charge < -0.3 is 9.55 Å². The summed E-state index contributed by atoms with van der Waals surface area (Å²) in [5, 5.41) is 5.00. The molecule has 0 aliphatic carbocycles. The first kappa shape index (κ1) is 27.6. The first-order chi connectivity index (χ1) is 21.3. The van der Waals surface area contributed by atoms with Crippen LogP contribution < -0.4 is 4.98 Å². The molecule has 9 rings (SSSR count). The van der Waals surface area contributed by atoms with Crippen LogP contribution in [0.1, 0.15) is 0 Å². The SMILES string of the molecule is C1=[N+](c2ccccc2)C=C[N+]=1c1ccccc1.[Au+].c1ccc(-n2c3ccccc3c3ccc4[n-]c5ccccc5c4c32)cc1. The van der Waals surface area contributed by atoms with Crippen molar-refractivity contribution in [1.82, 2.24) is 9.55 Å². The zero-order valence-electron chi connectivity index (χ0n) is 23.7. The smallest absolute Gasteiger partial charge is 0.657 e. The van der Waals surface area contributed by atoms with E-state index in [1.807, 2.05) is 57.9 Å². The van der Waals surface area contributed by atoms with Crippen molar-refractivity contribution >= 4 is 61.0 Å². The first-order valence-corrected chi connectivity index (χ1v) is 14.4. The van der Waals surface area contributed by atoms with Crippen LogP contribution in [0.2, 0.25) is 0 Å². The van der Waals surface area contributed by atoms with Crippen LogP contribution in [-0.4, -0.2) is 19.7 Å². The number of hydrogen-bond donors (Lipinski definition) is 0. The summed E-state index contributed by atoms with van der Waals surface area (Å²) in [6.07, 6.45) is 4.00. The third kappa shape index (κ3) is 4.83. The zero-order chi connectivity index (χ0) is 28.6. The van der Waals surface area contributed by atoms with E-state index in [-0.39, 0.29) is 22.4 Å². The standard InChI is InChI=1S/C24H15N2.C15H12N2.Au/c1-2-8-16(9-3-1)26-22-13-7-5-10-17(22)18-14-15-21-23(24(18)26)19-11-4-6-12-20(19)25-21;1-3-7-14(8-4-1)16-11-12-17(13-16)15-9-5-2-6-10-15;/h1-15H;1-12H;/q-1;+2;+1. The summed E-state index contributed by atoms with van der Waals surface area (Å²) in [5.41, 5.74) is 7.98. The van der Waals surface area contributed by atoms with Gasteiger partial charge in [0.2, 0.25) is 11.4 Å². The Morgan fingerprint density at radius 2 is 1.02 bits per heavy atom. The van der Waals surface area contributed by atoms with Gasteiger partial charge in [-0.3, -0.25) is 0 Å². The van der Waals surface area contributed by atoms with Gasteiger partial charge in [0, 0.05) is 40.7 Å². The maximum absolute atomic E-state index is 4.86. The van der Waals surface area contributed by atoms with Crippen molar-refractivity contribution in [2.75, 3.05) is 0 Å². The van der Waals surface area contributed by atoms with E-state index in [1.54, 1.807) is 0 Å². The van der Waals surface area contributed by atoms with Crippen molar-refractivity contribution in [2.45, 2.75) is 0 Å². The summed E-state index contributed by atoms with van der Waals surface area (Å²) in [6.45, 7) is 0. The maximum atomic E-state index is 4.86. The quantitative estimate of drug-likeness (QED) is 0.131. The van der Waals surface area contributed by atoms with E-state index in [0.717, 1.165) is 22.4 Å². The molecule has 4 nitrogen and oxygen atoms in total. The largest absolute Gasteiger partial charge is 1.00 e. The molecule has 0 radical (unpaired) electrons. The Balaban J connectivity index is 0.000000152. The average Bonchev–Trinajstić information content (AvgIpc) is 3.81. The van der Waals surface area contributed by atoms with E-state index in [0.29, 0.717) is 0 Å². The Morgan fingerprint density at radius 3 is 1.68 bits per heavy atom. The Kier molecular flexibility index (Phi) is 7.41. The molecule has 0 unspecified atom stereocenters. The average molecular weight is 749 g/mol. The number of aromatic nitrogens is 2. The van der Waals surface area contributed by atoms with Crippen molar-refractivity contribution in [3.63, 3.8) is 0 Å². The molecule has 0 saturated heterocycles. The summed E-state index contributed by atoms with van der Waals surface area (Å²) in [5.74, 6) is 0. The molecule has 0 spiro atoms. The van der Waals surface area contributed by atoms with Gasteiger partial charge in [0.05, 0.1) is 11.0 Å². The molecule has 0 atom stereocenters. The summed E-state index contributed by atoms with van der Waals surface area (Å²) >= 11 is 0. The molecule has 0 N–H and O–H groups in total. The first-order valence-electron chi connectivity index (χ1n) is 14.4. The van der Waals surface area contributed by atoms with Crippen molar-refractivity contribution in [3.05, 3.63) is 164 Å². The molecule has 3 heterocycles. The van der Waals surface area contributed by atoms with Crippen LogP contribution in [0.3, 0.4) is 0 Å². The van der Waals surface area contributed by atoms with Crippen molar-refractivity contribution in [3.8, 4) is 5.69 Å². The molecule has 0 amide bonds. The molecule has 5 heteroatoms. The predicted octanol–water partition coefficient (Wildman–Crippen LogP) is 9.38. The maximum Gasteiger partial charge on any atom is 1.00 e. The normalized spacial score (nSPS) is 12.2. The number of nitrogens with zero attached hydrogens (tertiary/aromatic N) is 4. The monoisotopic (exact) mass is 748 g/mol. The second kappa shape index (κ2) is 11.8. The van der Waals surface area contributed by atoms with Gasteiger partial charge in [-0.2, -0.15) is 0 Å². The van der Waals surface area contributed by atoms with Crippen LogP contribution in [0.5, 0.6) is 0 Å². The number of rotatable bonds is 3. The Morgan fingerprint density at radius 1 is 0.477 bits per heavy atom. The summed E-state index contributed by atoms with van der Waals surface area (Å²) in [6, 6.07) is 55.7. The van der Waals surface area contributed by atoms with E-state index in [2.05, 4.69) is 126 Å². The second-order valence-electron chi connectivity index (χ2n) is 10.5. The van der Waals surface area contributed by atoms with E-state index >= 15 is 0 Å². The summed E-state index contributed by atoms with van der Waals surface area (Å²) in [7, 11) is 0. The van der Waals surface area contributed by atoms with E-state index in [9.17, 15) is 0 Å². The van der Waals surface area contributed by atoms with E-state index < -0.39 is 0 Å². The predicted molar refractivity (Wildman–Crippen MR) is 176 cm³/mol. The van der Waals surface area contributed by atoms with Gasteiger partial charge in [-0.25, -0.2) is 0 Å². The van der Waals surface area contributed by atoms with E-state index in [1.165, 1.54) is 38.3 Å². The molecule has 44 heavy (non-hydrogen) atoms. The fourth-order valence-corrected chi connectivity index (χ4v) is 5.94. The van der Waals surface area contributed by atoms with Gasteiger partial charge in [0.25, 0.3) is 12.4 Å². The number of para-hydroxylation sites is 5. The van der Waals surface area contributed by atoms with Crippen molar-refractivity contribution < 1.29 is 31.5 Å². The fourth-order valence-electron chi connectivity index (χ4n) is 5.94. The Labute approximate surface area is 270 Å². The van der Waals surface area contributed by atoms with Gasteiger partial charge >= 0.3 is 28.4 Å². The van der Waals surface area contributed by atoms with Crippen LogP contribution in [0, 0.1) is 0 Å². The van der Waals surface area contributed by atoms with Gasteiger partial charge in [-0.05, 0) is 29.0 Å². The summed E-state index contributed by atoms with van der Waals surface area (Å²) < 4.78 is 6.33. The molecule has 0 fully saturated rings. The second-order valence-corrected chi connectivity index (χ2v) is 10.5. The van der Waals surface area contributed by atoms with Crippen LogP contribution in [0.25, 0.3) is 49.3 Å². The minimum atomic E-state index is 0. The number of fused-ring (bicyclic) bond motifs is 7. The van der Waals surface area contributed by atoms with Crippen LogP contribution >= 0.6 is 0 Å². The minimum absolute atomic E-state index is 0. The van der Waals surface area contributed by atoms with Gasteiger partial charge in [-0.15, -0.1) is 11.0 Å². The molecule has 1 aliphatic heterocycles. The van der Waals surface area contributed by atoms with Crippen LogP contribution in [0.4, 0.5) is 11.4 Å². The Bertz CT molecular complexity index is 2310. The summed E-state index contributed by atoms with van der Waals surface area (Å²) in [4.78, 5) is 4.86. The Hall–Kier alpha value is -5.22. The molecule has 2 aromatic heterocycles.